The molecule has 0 saturated carbocycles. The number of carbonyl (C=O) groups excluding carboxylic acids is 1. The molecular weight excluding hydrogens is 343 g/mol. The standard InChI is InChI=1S/C18H16ClFN4O/c19-15-9-14(22)5-6-17(15)24-18(25)13(10-21)11-23-8-7-12-3-1-2-4-16(12)20/h1-6,9,11,23H,7-8,22H2,(H,24,25)/b13-11-. The van der Waals surface area contributed by atoms with E-state index in [1.54, 1.807) is 30.3 Å². The highest BCUT2D eigenvalue weighted by molar-refractivity contribution is 6.34. The summed E-state index contributed by atoms with van der Waals surface area (Å²) in [5, 5.41) is 14.8. The van der Waals surface area contributed by atoms with Gasteiger partial charge in [-0.25, -0.2) is 4.39 Å². The van der Waals surface area contributed by atoms with E-state index < -0.39 is 5.91 Å². The predicted octanol–water partition coefficient (Wildman–Crippen LogP) is 3.24. The molecule has 0 fully saturated rings. The number of nitrogen functional groups attached to an aromatic ring is 1. The molecule has 5 nitrogen and oxygen atoms in total. The Morgan fingerprint density at radius 1 is 1.32 bits per heavy atom. The Balaban J connectivity index is 1.94. The summed E-state index contributed by atoms with van der Waals surface area (Å²) in [5.41, 5.74) is 6.84. The largest absolute Gasteiger partial charge is 0.399 e. The van der Waals surface area contributed by atoms with Crippen molar-refractivity contribution in [2.75, 3.05) is 17.6 Å². The molecule has 0 aliphatic carbocycles. The van der Waals surface area contributed by atoms with Crippen molar-refractivity contribution in [3.8, 4) is 6.07 Å². The first-order valence-electron chi connectivity index (χ1n) is 7.44. The quantitative estimate of drug-likeness (QED) is 0.320. The molecule has 7 heteroatoms. The summed E-state index contributed by atoms with van der Waals surface area (Å²) in [5.74, 6) is -0.892. The van der Waals surface area contributed by atoms with E-state index in [2.05, 4.69) is 10.6 Å². The number of nitrogens with one attached hydrogen (secondary N) is 2. The van der Waals surface area contributed by atoms with E-state index in [-0.39, 0.29) is 16.4 Å². The van der Waals surface area contributed by atoms with Crippen molar-refractivity contribution in [3.05, 3.63) is 70.6 Å². The van der Waals surface area contributed by atoms with Crippen LogP contribution in [0.5, 0.6) is 0 Å². The topological polar surface area (TPSA) is 90.9 Å². The summed E-state index contributed by atoms with van der Waals surface area (Å²) in [7, 11) is 0. The second-order valence-corrected chi connectivity index (χ2v) is 5.57. The van der Waals surface area contributed by atoms with Crippen LogP contribution in [0.15, 0.2) is 54.2 Å². The minimum atomic E-state index is -0.604. The van der Waals surface area contributed by atoms with Crippen LogP contribution < -0.4 is 16.4 Å². The predicted molar refractivity (Wildman–Crippen MR) is 96.3 cm³/mol. The lowest BCUT2D eigenvalue weighted by Gasteiger charge is -2.08. The molecule has 2 aromatic rings. The summed E-state index contributed by atoms with van der Waals surface area (Å²) >= 11 is 5.98. The number of anilines is 2. The van der Waals surface area contributed by atoms with Gasteiger partial charge in [-0.05, 0) is 36.2 Å². The molecule has 4 N–H and O–H groups in total. The first-order chi connectivity index (χ1) is 12.0. The van der Waals surface area contributed by atoms with E-state index in [0.717, 1.165) is 0 Å². The zero-order valence-electron chi connectivity index (χ0n) is 13.2. The lowest BCUT2D eigenvalue weighted by molar-refractivity contribution is -0.112. The van der Waals surface area contributed by atoms with Crippen LogP contribution in [-0.2, 0) is 11.2 Å². The molecule has 0 aromatic heterocycles. The van der Waals surface area contributed by atoms with E-state index in [4.69, 9.17) is 22.6 Å². The zero-order chi connectivity index (χ0) is 18.2. The molecule has 2 rings (SSSR count). The summed E-state index contributed by atoms with van der Waals surface area (Å²) in [6.07, 6.45) is 1.72. The van der Waals surface area contributed by atoms with Crippen LogP contribution in [0.1, 0.15) is 5.56 Å². The van der Waals surface area contributed by atoms with Crippen LogP contribution in [0.2, 0.25) is 5.02 Å². The molecule has 0 radical (unpaired) electrons. The van der Waals surface area contributed by atoms with Gasteiger partial charge in [0.15, 0.2) is 0 Å². The van der Waals surface area contributed by atoms with Gasteiger partial charge in [0.1, 0.15) is 17.5 Å². The third-order valence-electron chi connectivity index (χ3n) is 3.35. The fourth-order valence-corrected chi connectivity index (χ4v) is 2.29. The normalized spacial score (nSPS) is 10.8. The van der Waals surface area contributed by atoms with Gasteiger partial charge in [-0.3, -0.25) is 4.79 Å². The van der Waals surface area contributed by atoms with Gasteiger partial charge in [0.05, 0.1) is 10.7 Å². The molecule has 0 spiro atoms. The maximum Gasteiger partial charge on any atom is 0.267 e. The van der Waals surface area contributed by atoms with Crippen molar-refractivity contribution in [2.24, 2.45) is 0 Å². The Hall–Kier alpha value is -3.04. The van der Waals surface area contributed by atoms with Gasteiger partial charge in [-0.15, -0.1) is 0 Å². The molecule has 0 aliphatic heterocycles. The van der Waals surface area contributed by atoms with Crippen LogP contribution in [-0.4, -0.2) is 12.5 Å². The van der Waals surface area contributed by atoms with Crippen molar-refractivity contribution >= 4 is 28.9 Å². The van der Waals surface area contributed by atoms with Gasteiger partial charge in [0.2, 0.25) is 0 Å². The summed E-state index contributed by atoms with van der Waals surface area (Å²) in [4.78, 5) is 12.1. The Kier molecular flexibility index (Phi) is 6.38. The van der Waals surface area contributed by atoms with E-state index >= 15 is 0 Å². The number of nitrogens with two attached hydrogens (primary N) is 1. The molecule has 0 aliphatic rings. The third kappa shape index (κ3) is 5.23. The van der Waals surface area contributed by atoms with E-state index in [1.165, 1.54) is 18.3 Å². The lowest BCUT2D eigenvalue weighted by atomic mass is 10.1. The molecule has 0 atom stereocenters. The molecule has 0 saturated heterocycles. The van der Waals surface area contributed by atoms with Gasteiger partial charge >= 0.3 is 0 Å². The number of carbonyl (C=O) groups is 1. The maximum atomic E-state index is 13.5. The van der Waals surface area contributed by atoms with Crippen molar-refractivity contribution in [1.82, 2.24) is 5.32 Å². The van der Waals surface area contributed by atoms with Gasteiger partial charge in [0, 0.05) is 18.4 Å². The Labute approximate surface area is 149 Å². The third-order valence-corrected chi connectivity index (χ3v) is 3.66. The van der Waals surface area contributed by atoms with Crippen LogP contribution in [0.25, 0.3) is 0 Å². The van der Waals surface area contributed by atoms with Crippen molar-refractivity contribution < 1.29 is 9.18 Å². The number of nitriles is 1. The molecule has 1 amide bonds. The number of rotatable bonds is 6. The number of hydrogen-bond donors (Lipinski definition) is 3. The van der Waals surface area contributed by atoms with Gasteiger partial charge < -0.3 is 16.4 Å². The van der Waals surface area contributed by atoms with E-state index in [9.17, 15) is 9.18 Å². The number of amides is 1. The highest BCUT2D eigenvalue weighted by Crippen LogP contribution is 2.24. The second-order valence-electron chi connectivity index (χ2n) is 5.16. The van der Waals surface area contributed by atoms with Gasteiger partial charge in [0.25, 0.3) is 5.91 Å². The molecule has 0 bridgehead atoms. The highest BCUT2D eigenvalue weighted by atomic mass is 35.5. The van der Waals surface area contributed by atoms with Crippen LogP contribution >= 0.6 is 11.6 Å². The van der Waals surface area contributed by atoms with E-state index in [1.807, 2.05) is 6.07 Å². The number of nitrogens with zero attached hydrogens (tertiary/aromatic N) is 1. The molecule has 128 valence electrons. The van der Waals surface area contributed by atoms with Crippen molar-refractivity contribution in [2.45, 2.75) is 6.42 Å². The number of hydrogen-bond acceptors (Lipinski definition) is 4. The van der Waals surface area contributed by atoms with E-state index in [0.29, 0.717) is 29.9 Å². The monoisotopic (exact) mass is 358 g/mol. The second kappa shape index (κ2) is 8.71. The summed E-state index contributed by atoms with van der Waals surface area (Å²) in [6, 6.07) is 12.9. The van der Waals surface area contributed by atoms with Crippen molar-refractivity contribution in [3.63, 3.8) is 0 Å². The van der Waals surface area contributed by atoms with Crippen LogP contribution in [0, 0.1) is 17.1 Å². The fourth-order valence-electron chi connectivity index (χ4n) is 2.05. The minimum absolute atomic E-state index is 0.124. The molecular formula is C18H16ClFN4O. The number of halogens is 2. The summed E-state index contributed by atoms with van der Waals surface area (Å²) < 4.78 is 13.5. The average Bonchev–Trinajstić information content (AvgIpc) is 2.59. The first-order valence-corrected chi connectivity index (χ1v) is 7.82. The SMILES string of the molecule is N#C/C(=C/NCCc1ccccc1F)C(=O)Nc1ccc(N)cc1Cl. The van der Waals surface area contributed by atoms with Crippen LogP contribution in [0.4, 0.5) is 15.8 Å². The zero-order valence-corrected chi connectivity index (χ0v) is 14.0. The molecule has 25 heavy (non-hydrogen) atoms. The van der Waals surface area contributed by atoms with Crippen molar-refractivity contribution in [1.29, 1.82) is 5.26 Å². The molecule has 0 unspecified atom stereocenters. The van der Waals surface area contributed by atoms with Gasteiger partial charge in [-0.2, -0.15) is 5.26 Å². The molecule has 2 aromatic carbocycles. The maximum absolute atomic E-state index is 13.5. The Bertz CT molecular complexity index is 845. The fraction of sp³-hybridized carbons (Fsp3) is 0.111. The molecule has 0 heterocycles. The lowest BCUT2D eigenvalue weighted by Crippen LogP contribution is -2.18. The Morgan fingerprint density at radius 2 is 2.08 bits per heavy atom. The first kappa shape index (κ1) is 18.3. The smallest absolute Gasteiger partial charge is 0.267 e. The number of benzene rings is 2. The average molecular weight is 359 g/mol. The Morgan fingerprint density at radius 3 is 2.76 bits per heavy atom. The highest BCUT2D eigenvalue weighted by Gasteiger charge is 2.11. The van der Waals surface area contributed by atoms with Gasteiger partial charge in [-0.1, -0.05) is 29.8 Å². The van der Waals surface area contributed by atoms with Crippen LogP contribution in [0.3, 0.4) is 0 Å². The minimum Gasteiger partial charge on any atom is -0.399 e. The summed E-state index contributed by atoms with van der Waals surface area (Å²) in [6.45, 7) is 0.377.